The van der Waals surface area contributed by atoms with Crippen LogP contribution in [0.25, 0.3) is 123 Å². The second kappa shape index (κ2) is 20.9. The molecule has 0 aliphatic rings. The van der Waals surface area contributed by atoms with E-state index >= 15 is 0 Å². The lowest BCUT2D eigenvalue weighted by molar-refractivity contribution is -0.571. The topological polar surface area (TPSA) is 40.8 Å². The van der Waals surface area contributed by atoms with Crippen LogP contribution in [-0.2, 0) is 0 Å². The first kappa shape index (κ1) is 27.9. The zero-order valence-electron chi connectivity index (χ0n) is 71.3. The summed E-state index contributed by atoms with van der Waals surface area (Å²) in [7, 11) is 0. The van der Waals surface area contributed by atoms with Crippen molar-refractivity contribution in [3.05, 3.63) is 315 Å². The molecule has 0 saturated heterocycles. The minimum atomic E-state index is -1.18. The number of fused-ring (bicyclic) bond motifs is 4. The van der Waals surface area contributed by atoms with Crippen molar-refractivity contribution in [2.24, 2.45) is 0 Å². The third-order valence-corrected chi connectivity index (χ3v) is 13.7. The Bertz CT molecular complexity index is 6090. The number of benzene rings is 12. The van der Waals surface area contributed by atoms with Crippen LogP contribution in [0, 0.1) is 13.3 Å². The molecule has 0 spiro atoms. The van der Waals surface area contributed by atoms with Crippen molar-refractivity contribution in [1.29, 1.82) is 0 Å². The summed E-state index contributed by atoms with van der Waals surface area (Å²) < 4.78 is 277. The summed E-state index contributed by atoms with van der Waals surface area (Å²) in [5.41, 5.74) is -9.12. The Morgan fingerprint density at radius 2 is 0.964 bits per heavy atom. The van der Waals surface area contributed by atoms with Crippen LogP contribution < -0.4 is 9.30 Å². The molecule has 0 saturated carbocycles. The monoisotopic (exact) mass is 1090 g/mol. The number of ether oxygens (including phenoxy) is 1. The lowest BCUT2D eigenvalue weighted by Crippen LogP contribution is -2.31. The lowest BCUT2D eigenvalue weighted by Gasteiger charge is -2.20. The lowest BCUT2D eigenvalue weighted by atomic mass is 9.88. The smallest absolute Gasteiger partial charge is 0.269 e. The highest BCUT2D eigenvalue weighted by molar-refractivity contribution is 6.09. The van der Waals surface area contributed by atoms with Gasteiger partial charge in [0.25, 0.3) is 6.33 Å². The van der Waals surface area contributed by atoms with Gasteiger partial charge in [-0.15, -0.1) is 0 Å². The third kappa shape index (κ3) is 9.15. The Morgan fingerprint density at radius 1 is 0.434 bits per heavy atom. The van der Waals surface area contributed by atoms with Gasteiger partial charge >= 0.3 is 0 Å². The van der Waals surface area contributed by atoms with Gasteiger partial charge in [-0.1, -0.05) is 205 Å². The minimum absolute atomic E-state index is 0.0128. The van der Waals surface area contributed by atoms with Crippen LogP contribution in [0.4, 0.5) is 0 Å². The molecule has 83 heavy (non-hydrogen) atoms. The van der Waals surface area contributed by atoms with Crippen LogP contribution in [0.2, 0.25) is 0 Å². The van der Waals surface area contributed by atoms with Gasteiger partial charge in [-0.05, 0) is 158 Å². The molecular formula is C77H53N5O. The van der Waals surface area contributed by atoms with Crippen LogP contribution >= 0.6 is 0 Å². The normalized spacial score (nSPS) is 16.2. The molecule has 15 rings (SSSR count). The zero-order valence-corrected chi connectivity index (χ0v) is 43.3. The predicted octanol–water partition coefficient (Wildman–Crippen LogP) is 19.1. The first-order valence-corrected chi connectivity index (χ1v) is 25.8. The van der Waals surface area contributed by atoms with Gasteiger partial charge in [0.1, 0.15) is 11.5 Å². The van der Waals surface area contributed by atoms with Crippen LogP contribution in [0.5, 0.6) is 11.5 Å². The van der Waals surface area contributed by atoms with Gasteiger partial charge in [-0.25, -0.2) is 4.98 Å². The average molecular weight is 1090 g/mol. The largest absolute Gasteiger partial charge is 0.458 e. The van der Waals surface area contributed by atoms with Gasteiger partial charge in [0, 0.05) is 34.9 Å². The number of rotatable bonds is 12. The number of nitrogens with zero attached hydrogens (tertiary/aromatic N) is 5. The van der Waals surface area contributed by atoms with E-state index in [1.807, 2.05) is 82.1 Å². The van der Waals surface area contributed by atoms with E-state index in [0.29, 0.717) is 11.7 Å². The van der Waals surface area contributed by atoms with Crippen LogP contribution in [0.3, 0.4) is 0 Å². The standard InChI is InChI=1S/C77H53N5O/c1-53-36-38-57(39-37-53)61-45-60(56-24-10-4-11-25-56)48-63(49-61)69-32-19-31-68(62-46-58(54-20-6-2-7-21-54)44-59(47-62)55-22-8-3-9-23-55)76(69)81-52-80(73-34-16-17-35-74(73)81)65-28-18-29-66(50-65)83-67-40-41-71-70-30-14-15-33-72(70)82(75(71)51-67)77-78-42-43-79(77)64-26-12-5-13-27-64/h2-51H,1H3/i2D,3D,4D,6D,7D,8D,9D,10D,11D,19D,20D,21D,22D,23D,24D,25D,31D,32D,36D,37D,38D,39D,44D,45D,46D,47D,48D,49D. The van der Waals surface area contributed by atoms with Gasteiger partial charge in [0.15, 0.2) is 0 Å². The van der Waals surface area contributed by atoms with Crippen molar-refractivity contribution in [1.82, 2.24) is 18.7 Å². The molecule has 6 heteroatoms. The van der Waals surface area contributed by atoms with Crippen molar-refractivity contribution in [2.45, 2.75) is 6.92 Å². The fraction of sp³-hybridized carbons (Fsp3) is 0.0130. The molecule has 15 aromatic rings. The molecule has 0 radical (unpaired) electrons. The van der Waals surface area contributed by atoms with E-state index in [1.54, 1.807) is 48.7 Å². The maximum absolute atomic E-state index is 10.5. The van der Waals surface area contributed by atoms with Gasteiger partial charge in [0.2, 0.25) is 5.95 Å². The first-order valence-electron chi connectivity index (χ1n) is 39.8. The molecule has 3 heterocycles. The molecule has 0 aliphatic carbocycles. The molecule has 0 amide bonds. The summed E-state index contributed by atoms with van der Waals surface area (Å²) in [6, 6.07) is 7.42. The molecule has 0 bridgehead atoms. The summed E-state index contributed by atoms with van der Waals surface area (Å²) in [4.78, 5) is 4.82. The van der Waals surface area contributed by atoms with Crippen molar-refractivity contribution in [3.63, 3.8) is 0 Å². The number of para-hydroxylation sites is 5. The molecule has 0 unspecified atom stereocenters. The summed E-state index contributed by atoms with van der Waals surface area (Å²) in [6.07, 6.45) is 6.80. The Morgan fingerprint density at radius 3 is 1.60 bits per heavy atom. The fourth-order valence-corrected chi connectivity index (χ4v) is 10.0. The minimum Gasteiger partial charge on any atom is -0.458 e. The fourth-order valence-electron chi connectivity index (χ4n) is 10.0. The van der Waals surface area contributed by atoms with Gasteiger partial charge in [-0.2, -0.15) is 0 Å². The molecule has 0 atom stereocenters. The molecule has 392 valence electrons. The molecule has 6 nitrogen and oxygen atoms in total. The van der Waals surface area contributed by atoms with Crippen molar-refractivity contribution in [2.75, 3.05) is 0 Å². The quantitative estimate of drug-likeness (QED) is 0.0904. The van der Waals surface area contributed by atoms with E-state index in [2.05, 4.69) is 6.33 Å². The maximum atomic E-state index is 10.5. The molecule has 0 aliphatic heterocycles. The second-order valence-corrected chi connectivity index (χ2v) is 18.8. The molecule has 3 aromatic heterocycles. The Hall–Kier alpha value is -11.1. The first-order chi connectivity index (χ1) is 52.7. The number of imidazole rings is 2. The number of hydrogen-bond donors (Lipinski definition) is 0. The number of aromatic nitrogens is 5. The van der Waals surface area contributed by atoms with Gasteiger partial charge in [0.05, 0.1) is 71.8 Å². The van der Waals surface area contributed by atoms with Crippen molar-refractivity contribution in [3.8, 4) is 101 Å². The summed E-state index contributed by atoms with van der Waals surface area (Å²) >= 11 is 0. The molecule has 12 aromatic carbocycles. The molecular weight excluding hydrogens is 1010 g/mol. The highest BCUT2D eigenvalue weighted by Gasteiger charge is 2.23. The molecule has 0 fully saturated rings. The Labute approximate surface area is 521 Å². The summed E-state index contributed by atoms with van der Waals surface area (Å²) in [6.45, 7) is 1.27. The maximum Gasteiger partial charge on any atom is 0.269 e. The SMILES string of the molecule is [2H]c1c([2H])c([2H])c(-c2c([2H])c(-c3c([2H])c([2H])c([2H])c([2H])c3[2H])c([2H])c(-c3c([2H])c([2H])c([2H])c(-c4c([2H])c(-c5c([2H])c([2H])c([2H])c([2H])c5[2H])c([2H])c(-c5c([2H])c([2H])c(C)c([2H])c5[2H])c4[2H])c3-[n+]3[c-]n(-c4cccc(Oc5ccc6c7ccccc7n(-c7nccn7-c7ccccc7)c6c5)c4)c4ccccc43)c2[2H])c([2H])c1[2H]. The van der Waals surface area contributed by atoms with E-state index in [9.17, 15) is 23.3 Å². The van der Waals surface area contributed by atoms with Crippen molar-refractivity contribution < 1.29 is 47.7 Å². The van der Waals surface area contributed by atoms with Gasteiger partial charge in [-0.3, -0.25) is 18.3 Å². The highest BCUT2D eigenvalue weighted by Crippen LogP contribution is 2.42. The van der Waals surface area contributed by atoms with Crippen LogP contribution in [0.15, 0.2) is 303 Å². The summed E-state index contributed by atoms with van der Waals surface area (Å²) in [5.74, 6) is 1.15. The second-order valence-electron chi connectivity index (χ2n) is 18.8. The van der Waals surface area contributed by atoms with E-state index in [4.69, 9.17) is 24.8 Å². The average Bonchev–Trinajstić information content (AvgIpc) is 1.50. The highest BCUT2D eigenvalue weighted by atomic mass is 16.5. The Kier molecular flexibility index (Phi) is 7.01. The van der Waals surface area contributed by atoms with E-state index < -0.39 is 242 Å². The zero-order chi connectivity index (χ0) is 79.6. The molecule has 0 N–H and O–H groups in total. The van der Waals surface area contributed by atoms with Crippen molar-refractivity contribution >= 4 is 32.8 Å². The number of hydrogen-bond acceptors (Lipinski definition) is 2. The Balaban J connectivity index is 1.08. The van der Waals surface area contributed by atoms with Crippen LogP contribution in [0.1, 0.15) is 43.9 Å². The van der Waals surface area contributed by atoms with E-state index in [-0.39, 0.29) is 28.0 Å². The van der Waals surface area contributed by atoms with E-state index in [1.165, 1.54) is 23.6 Å². The van der Waals surface area contributed by atoms with Gasteiger partial charge < -0.3 is 4.74 Å². The predicted molar refractivity (Wildman–Crippen MR) is 339 cm³/mol. The van der Waals surface area contributed by atoms with Crippen LogP contribution in [-0.4, -0.2) is 18.7 Å². The van der Waals surface area contributed by atoms with E-state index in [0.717, 1.165) is 32.1 Å². The summed E-state index contributed by atoms with van der Waals surface area (Å²) in [5, 5.41) is 1.79. The third-order valence-electron chi connectivity index (χ3n) is 13.7.